The van der Waals surface area contributed by atoms with Gasteiger partial charge >= 0.3 is 0 Å². The number of phenolic OH excluding ortho intramolecular Hbond substituents is 2. The number of anilines is 12. The maximum absolute atomic E-state index is 11.5. The van der Waals surface area contributed by atoms with Gasteiger partial charge in [0.1, 0.15) is 11.5 Å². The van der Waals surface area contributed by atoms with Crippen LogP contribution in [0, 0.1) is 27.7 Å². The highest BCUT2D eigenvalue weighted by Gasteiger charge is 2.32. The van der Waals surface area contributed by atoms with E-state index in [1.54, 1.807) is 12.4 Å². The first-order valence-electron chi connectivity index (χ1n) is 26.9. The summed E-state index contributed by atoms with van der Waals surface area (Å²) in [5.74, 6) is 0.245. The van der Waals surface area contributed by atoms with Crippen LogP contribution in [0.3, 0.4) is 0 Å². The van der Waals surface area contributed by atoms with Crippen molar-refractivity contribution < 1.29 is 10.2 Å². The lowest BCUT2D eigenvalue weighted by atomic mass is 9.93. The number of para-hydroxylation sites is 12. The number of hydrogen-bond donors (Lipinski definition) is 2. The average Bonchev–Trinajstić information content (AvgIpc) is 3.62. The molecule has 8 nitrogen and oxygen atoms in total. The van der Waals surface area contributed by atoms with Gasteiger partial charge in [-0.3, -0.25) is 9.98 Å². The van der Waals surface area contributed by atoms with E-state index in [4.69, 9.17) is 9.98 Å². The Kier molecular flexibility index (Phi) is 12.6. The number of benzene rings is 11. The van der Waals surface area contributed by atoms with E-state index in [0.717, 1.165) is 113 Å². The van der Waals surface area contributed by atoms with E-state index < -0.39 is 0 Å². The van der Waals surface area contributed by atoms with Gasteiger partial charge in [0.15, 0.2) is 0 Å². The molecule has 0 atom stereocenters. The lowest BCUT2D eigenvalue weighted by Crippen LogP contribution is -2.24. The molecule has 2 aliphatic rings. The third-order valence-corrected chi connectivity index (χ3v) is 15.2. The Balaban J connectivity index is 0.735. The van der Waals surface area contributed by atoms with Crippen LogP contribution in [-0.4, -0.2) is 22.6 Å². The van der Waals surface area contributed by atoms with E-state index in [0.29, 0.717) is 22.5 Å². The van der Waals surface area contributed by atoms with Gasteiger partial charge in [-0.15, -0.1) is 0 Å². The molecule has 0 aliphatic carbocycles. The Morgan fingerprint density at radius 1 is 0.287 bits per heavy atom. The van der Waals surface area contributed by atoms with Gasteiger partial charge in [0.05, 0.1) is 56.9 Å². The smallest absolute Gasteiger partial charge is 0.124 e. The van der Waals surface area contributed by atoms with E-state index in [1.807, 2.05) is 72.8 Å². The second-order valence-electron chi connectivity index (χ2n) is 20.4. The first-order chi connectivity index (χ1) is 39.2. The van der Waals surface area contributed by atoms with Crippen LogP contribution in [-0.2, 0) is 0 Å². The highest BCUT2D eigenvalue weighted by atomic mass is 16.3. The quantitative estimate of drug-likeness (QED) is 0.133. The van der Waals surface area contributed by atoms with Crippen molar-refractivity contribution in [1.82, 2.24) is 0 Å². The van der Waals surface area contributed by atoms with Crippen molar-refractivity contribution in [2.75, 3.05) is 19.6 Å². The van der Waals surface area contributed by atoms with Gasteiger partial charge in [0.2, 0.25) is 0 Å². The summed E-state index contributed by atoms with van der Waals surface area (Å²) < 4.78 is 0. The number of nitrogens with zero attached hydrogens (tertiary/aromatic N) is 6. The molecule has 0 bridgehead atoms. The second-order valence-corrected chi connectivity index (χ2v) is 20.4. The minimum Gasteiger partial charge on any atom is -0.507 e. The van der Waals surface area contributed by atoms with Crippen LogP contribution in [0.2, 0.25) is 0 Å². The van der Waals surface area contributed by atoms with Crippen molar-refractivity contribution in [3.05, 3.63) is 276 Å². The van der Waals surface area contributed by atoms with Crippen LogP contribution >= 0.6 is 0 Å². The molecular formula is C72H56N6O2. The van der Waals surface area contributed by atoms with E-state index in [1.165, 1.54) is 0 Å². The van der Waals surface area contributed by atoms with Gasteiger partial charge in [0, 0.05) is 46.3 Å². The van der Waals surface area contributed by atoms with E-state index in [2.05, 4.69) is 217 Å². The number of hydrogen-bond acceptors (Lipinski definition) is 8. The Labute approximate surface area is 467 Å². The molecule has 386 valence electrons. The lowest BCUT2D eigenvalue weighted by Gasteiger charge is -2.40. The van der Waals surface area contributed by atoms with Gasteiger partial charge in [-0.2, -0.15) is 0 Å². The molecule has 0 amide bonds. The lowest BCUT2D eigenvalue weighted by molar-refractivity contribution is 0.474. The summed E-state index contributed by atoms with van der Waals surface area (Å²) in [6.07, 6.45) is 3.34. The Hall–Kier alpha value is -10.4. The maximum atomic E-state index is 11.5. The number of aliphatic imine (C=N–C) groups is 2. The monoisotopic (exact) mass is 1040 g/mol. The third-order valence-electron chi connectivity index (χ3n) is 15.2. The SMILES string of the molecule is Cc1cc(N2c3ccccc3N(c3ccccc3)c3ccccc32)cc(C)c1-c1ccc(C=Nc2ccccc2N=Cc2ccc(-c3c(C)cc(N4c5ccccc5N(c5ccccc5)c5ccccc54)cc3C)cc2O)c(O)c1. The van der Waals surface area contributed by atoms with Crippen molar-refractivity contribution in [3.63, 3.8) is 0 Å². The summed E-state index contributed by atoms with van der Waals surface area (Å²) in [5.41, 5.74) is 23.9. The van der Waals surface area contributed by atoms with Gasteiger partial charge < -0.3 is 29.8 Å². The fourth-order valence-electron chi connectivity index (χ4n) is 11.8. The molecule has 0 radical (unpaired) electrons. The fraction of sp³-hybridized carbons (Fsp3) is 0.0556. The molecule has 0 unspecified atom stereocenters. The zero-order valence-corrected chi connectivity index (χ0v) is 44.8. The zero-order valence-electron chi connectivity index (χ0n) is 44.8. The van der Waals surface area contributed by atoms with Crippen LogP contribution in [0.5, 0.6) is 11.5 Å². The highest BCUT2D eigenvalue weighted by molar-refractivity contribution is 6.04. The van der Waals surface area contributed by atoms with Gasteiger partial charge in [0.25, 0.3) is 0 Å². The van der Waals surface area contributed by atoms with Crippen molar-refractivity contribution >= 4 is 92.1 Å². The number of phenols is 2. The average molecular weight is 1040 g/mol. The van der Waals surface area contributed by atoms with E-state index in [-0.39, 0.29) is 11.5 Å². The van der Waals surface area contributed by atoms with Crippen LogP contribution in [0.4, 0.5) is 79.6 Å². The normalized spacial score (nSPS) is 12.7. The van der Waals surface area contributed by atoms with Gasteiger partial charge in [-0.1, -0.05) is 109 Å². The van der Waals surface area contributed by atoms with Crippen LogP contribution in [0.15, 0.2) is 253 Å². The van der Waals surface area contributed by atoms with Crippen LogP contribution < -0.4 is 19.6 Å². The highest BCUT2D eigenvalue weighted by Crippen LogP contribution is 2.56. The summed E-state index contributed by atoms with van der Waals surface area (Å²) in [6, 6.07) is 83.3. The Morgan fingerprint density at radius 2 is 0.550 bits per heavy atom. The zero-order chi connectivity index (χ0) is 54.4. The standard InChI is InChI=1S/C72H56N6O2/c1-47-39-57(77-65-31-17-13-27-61(65)75(55-21-7-5-8-22-55)62-28-14-18-32-66(62)77)40-48(2)71(47)51-35-37-53(69(79)43-51)45-73-59-25-11-12-26-60(59)74-46-54-38-36-52(44-70(54)80)72-49(3)41-58(42-50(72)4)78-67-33-19-15-29-63(67)76(56-23-9-6-10-24-56)64-30-16-20-34-68(64)78/h5-46,79-80H,1-4H3. The van der Waals surface area contributed by atoms with Crippen molar-refractivity contribution in [2.24, 2.45) is 9.98 Å². The van der Waals surface area contributed by atoms with Gasteiger partial charge in [-0.25, -0.2) is 0 Å². The predicted molar refractivity (Wildman–Crippen MR) is 333 cm³/mol. The molecule has 8 heteroatoms. The minimum atomic E-state index is 0.123. The Bertz CT molecular complexity index is 3830. The molecule has 80 heavy (non-hydrogen) atoms. The molecule has 0 saturated carbocycles. The molecule has 0 spiro atoms. The molecule has 2 aliphatic heterocycles. The molecule has 11 aromatic carbocycles. The molecule has 13 rings (SSSR count). The van der Waals surface area contributed by atoms with Crippen molar-refractivity contribution in [3.8, 4) is 33.8 Å². The summed E-state index contributed by atoms with van der Waals surface area (Å²) in [5, 5.41) is 23.0. The molecule has 0 aromatic heterocycles. The summed E-state index contributed by atoms with van der Waals surface area (Å²) in [7, 11) is 0. The number of aromatic hydroxyl groups is 2. The maximum Gasteiger partial charge on any atom is 0.124 e. The molecule has 0 fully saturated rings. The largest absolute Gasteiger partial charge is 0.507 e. The van der Waals surface area contributed by atoms with E-state index >= 15 is 0 Å². The fourth-order valence-corrected chi connectivity index (χ4v) is 11.8. The van der Waals surface area contributed by atoms with E-state index in [9.17, 15) is 10.2 Å². The minimum absolute atomic E-state index is 0.123. The number of aryl methyl sites for hydroxylation is 4. The summed E-state index contributed by atoms with van der Waals surface area (Å²) in [4.78, 5) is 19.0. The van der Waals surface area contributed by atoms with Crippen molar-refractivity contribution in [2.45, 2.75) is 27.7 Å². The predicted octanol–water partition coefficient (Wildman–Crippen LogP) is 19.7. The Morgan fingerprint density at radius 3 is 0.838 bits per heavy atom. The first-order valence-corrected chi connectivity index (χ1v) is 26.9. The third kappa shape index (κ3) is 8.79. The molecule has 11 aromatic rings. The number of fused-ring (bicyclic) bond motifs is 4. The molecular weight excluding hydrogens is 981 g/mol. The number of rotatable bonds is 10. The first kappa shape index (κ1) is 49.2. The summed E-state index contributed by atoms with van der Waals surface area (Å²) >= 11 is 0. The van der Waals surface area contributed by atoms with Gasteiger partial charge in [-0.05, 0) is 206 Å². The molecule has 2 N–H and O–H groups in total. The molecule has 2 heterocycles. The van der Waals surface area contributed by atoms with Crippen molar-refractivity contribution in [1.29, 1.82) is 0 Å². The second kappa shape index (κ2) is 20.5. The summed E-state index contributed by atoms with van der Waals surface area (Å²) in [6.45, 7) is 8.54. The van der Waals surface area contributed by atoms with Crippen LogP contribution in [0.1, 0.15) is 33.4 Å². The topological polar surface area (TPSA) is 78.1 Å². The van der Waals surface area contributed by atoms with Crippen LogP contribution in [0.25, 0.3) is 22.3 Å². The molecule has 0 saturated heterocycles.